The highest BCUT2D eigenvalue weighted by Crippen LogP contribution is 2.29. The Morgan fingerprint density at radius 2 is 2.14 bits per heavy atom. The highest BCUT2D eigenvalue weighted by atomic mass is 35.5. The number of halogens is 1. The van der Waals surface area contributed by atoms with Crippen LogP contribution in [0.2, 0.25) is 5.02 Å². The number of benzene rings is 1. The molecule has 5 nitrogen and oxygen atoms in total. The minimum Gasteiger partial charge on any atom is -0.478 e. The third kappa shape index (κ3) is 1.97. The fourth-order valence-corrected chi connectivity index (χ4v) is 1.29. The van der Waals surface area contributed by atoms with Gasteiger partial charge in [0, 0.05) is 17.0 Å². The number of carboxylic acids is 1. The second-order valence-electron chi connectivity index (χ2n) is 2.39. The van der Waals surface area contributed by atoms with Crippen LogP contribution in [0.3, 0.4) is 0 Å². The van der Waals surface area contributed by atoms with Gasteiger partial charge in [-0.3, -0.25) is 10.1 Å². The van der Waals surface area contributed by atoms with Crippen LogP contribution in [0, 0.1) is 10.1 Å². The van der Waals surface area contributed by atoms with Crippen LogP contribution >= 0.6 is 24.2 Å². The van der Waals surface area contributed by atoms with Crippen molar-refractivity contribution in [2.45, 2.75) is 4.90 Å². The van der Waals surface area contributed by atoms with Crippen molar-refractivity contribution in [3.63, 3.8) is 0 Å². The molecule has 7 heteroatoms. The molecule has 0 bridgehead atoms. The maximum atomic E-state index is 10.6. The first-order valence-electron chi connectivity index (χ1n) is 3.33. The van der Waals surface area contributed by atoms with E-state index >= 15 is 0 Å². The van der Waals surface area contributed by atoms with E-state index in [0.29, 0.717) is 0 Å². The van der Waals surface area contributed by atoms with Gasteiger partial charge in [0.1, 0.15) is 0 Å². The lowest BCUT2D eigenvalue weighted by Gasteiger charge is -2.01. The predicted octanol–water partition coefficient (Wildman–Crippen LogP) is 2.24. The number of nitrogens with zero attached hydrogens (tertiary/aromatic N) is 1. The Balaban J connectivity index is 3.43. The van der Waals surface area contributed by atoms with Crippen molar-refractivity contribution in [1.29, 1.82) is 0 Å². The van der Waals surface area contributed by atoms with Crippen molar-refractivity contribution in [2.75, 3.05) is 0 Å². The van der Waals surface area contributed by atoms with Gasteiger partial charge in [0.15, 0.2) is 0 Å². The molecule has 1 aromatic carbocycles. The summed E-state index contributed by atoms with van der Waals surface area (Å²) in [4.78, 5) is 20.3. The van der Waals surface area contributed by atoms with Crippen LogP contribution < -0.4 is 0 Å². The van der Waals surface area contributed by atoms with E-state index in [1.807, 2.05) is 0 Å². The Morgan fingerprint density at radius 1 is 1.57 bits per heavy atom. The Kier molecular flexibility index (Phi) is 2.97. The van der Waals surface area contributed by atoms with Crippen LogP contribution in [0.15, 0.2) is 17.0 Å². The lowest BCUT2D eigenvalue weighted by Crippen LogP contribution is -2.00. The molecule has 0 aliphatic heterocycles. The molecule has 0 aromatic heterocycles. The van der Waals surface area contributed by atoms with E-state index < -0.39 is 10.9 Å². The van der Waals surface area contributed by atoms with Gasteiger partial charge in [-0.1, -0.05) is 11.6 Å². The van der Waals surface area contributed by atoms with E-state index in [-0.39, 0.29) is 21.2 Å². The largest absolute Gasteiger partial charge is 0.478 e. The van der Waals surface area contributed by atoms with E-state index in [4.69, 9.17) is 16.7 Å². The van der Waals surface area contributed by atoms with E-state index in [0.717, 1.165) is 12.1 Å². The summed E-state index contributed by atoms with van der Waals surface area (Å²) in [6.07, 6.45) is 0. The Labute approximate surface area is 88.9 Å². The number of nitro benzene ring substituents is 1. The number of rotatable bonds is 2. The SMILES string of the molecule is O=C(O)c1cc([N+](=O)[O-])cc(Cl)c1S. The number of nitro groups is 1. The smallest absolute Gasteiger partial charge is 0.337 e. The summed E-state index contributed by atoms with van der Waals surface area (Å²) in [6, 6.07) is 1.97. The number of carbonyl (C=O) groups is 1. The second kappa shape index (κ2) is 3.85. The van der Waals surface area contributed by atoms with Gasteiger partial charge in [-0.25, -0.2) is 4.79 Å². The van der Waals surface area contributed by atoms with Crippen LogP contribution in [0.5, 0.6) is 0 Å². The molecule has 1 N–H and O–H groups in total. The molecule has 0 amide bonds. The Morgan fingerprint density at radius 3 is 2.57 bits per heavy atom. The summed E-state index contributed by atoms with van der Waals surface area (Å²) in [5, 5.41) is 19.0. The van der Waals surface area contributed by atoms with Gasteiger partial charge in [0.2, 0.25) is 0 Å². The minimum atomic E-state index is -1.30. The lowest BCUT2D eigenvalue weighted by atomic mass is 10.2. The van der Waals surface area contributed by atoms with Gasteiger partial charge < -0.3 is 5.11 Å². The van der Waals surface area contributed by atoms with Gasteiger partial charge >= 0.3 is 5.97 Å². The summed E-state index contributed by atoms with van der Waals surface area (Å²) in [7, 11) is 0. The zero-order chi connectivity index (χ0) is 10.9. The average Bonchev–Trinajstić information content (AvgIpc) is 2.08. The highest BCUT2D eigenvalue weighted by molar-refractivity contribution is 7.80. The molecule has 0 heterocycles. The van der Waals surface area contributed by atoms with Crippen molar-refractivity contribution in [3.05, 3.63) is 32.8 Å². The molecule has 0 aliphatic carbocycles. The molecule has 0 aliphatic rings. The van der Waals surface area contributed by atoms with E-state index in [2.05, 4.69) is 12.6 Å². The van der Waals surface area contributed by atoms with Crippen molar-refractivity contribution in [2.24, 2.45) is 0 Å². The van der Waals surface area contributed by atoms with Crippen LogP contribution in [0.4, 0.5) is 5.69 Å². The van der Waals surface area contributed by atoms with Crippen LogP contribution in [-0.2, 0) is 0 Å². The first-order chi connectivity index (χ1) is 6.43. The first-order valence-corrected chi connectivity index (χ1v) is 4.16. The van der Waals surface area contributed by atoms with Crippen LogP contribution in [0.1, 0.15) is 10.4 Å². The molecule has 0 radical (unpaired) electrons. The zero-order valence-corrected chi connectivity index (χ0v) is 8.25. The number of hydrogen-bond donors (Lipinski definition) is 2. The Hall–Kier alpha value is -1.27. The van der Waals surface area contributed by atoms with E-state index in [9.17, 15) is 14.9 Å². The topological polar surface area (TPSA) is 80.4 Å². The molecule has 14 heavy (non-hydrogen) atoms. The lowest BCUT2D eigenvalue weighted by molar-refractivity contribution is -0.384. The number of carboxylic acid groups (broad SMARTS) is 1. The Bertz CT molecular complexity index is 420. The number of non-ortho nitro benzene ring substituents is 1. The highest BCUT2D eigenvalue weighted by Gasteiger charge is 2.17. The molecular formula is C7H4ClNO4S. The van der Waals surface area contributed by atoms with Crippen molar-refractivity contribution in [1.82, 2.24) is 0 Å². The second-order valence-corrected chi connectivity index (χ2v) is 3.24. The molecule has 74 valence electrons. The van der Waals surface area contributed by atoms with E-state index in [1.165, 1.54) is 0 Å². The number of hydrogen-bond acceptors (Lipinski definition) is 4. The summed E-state index contributed by atoms with van der Waals surface area (Å²) in [5.41, 5.74) is -0.655. The summed E-state index contributed by atoms with van der Waals surface area (Å²) in [5.74, 6) is -1.30. The molecule has 0 saturated carbocycles. The standard InChI is InChI=1S/C7H4ClNO4S/c8-5-2-3(9(12)13)1-4(6(5)14)7(10)11/h1-2,14H,(H,10,11). The summed E-state index contributed by atoms with van der Waals surface area (Å²) >= 11 is 9.39. The normalized spacial score (nSPS) is 9.86. The molecular weight excluding hydrogens is 230 g/mol. The molecule has 1 rings (SSSR count). The van der Waals surface area contributed by atoms with Crippen LogP contribution in [0.25, 0.3) is 0 Å². The minimum absolute atomic E-state index is 0.0183. The molecule has 1 aromatic rings. The monoisotopic (exact) mass is 233 g/mol. The predicted molar refractivity (Wildman–Crippen MR) is 52.3 cm³/mol. The van der Waals surface area contributed by atoms with E-state index in [1.54, 1.807) is 0 Å². The van der Waals surface area contributed by atoms with Gasteiger partial charge in [-0.2, -0.15) is 0 Å². The number of aromatic carboxylic acids is 1. The van der Waals surface area contributed by atoms with Gasteiger partial charge in [0.05, 0.1) is 15.5 Å². The average molecular weight is 234 g/mol. The third-order valence-electron chi connectivity index (χ3n) is 1.49. The van der Waals surface area contributed by atoms with Gasteiger partial charge in [0.25, 0.3) is 5.69 Å². The van der Waals surface area contributed by atoms with Crippen LogP contribution in [-0.4, -0.2) is 16.0 Å². The maximum absolute atomic E-state index is 10.6. The molecule has 0 saturated heterocycles. The maximum Gasteiger partial charge on any atom is 0.337 e. The summed E-state index contributed by atoms with van der Waals surface area (Å²) < 4.78 is 0. The van der Waals surface area contributed by atoms with Gasteiger partial charge in [-0.05, 0) is 0 Å². The number of thiol groups is 1. The molecule has 0 unspecified atom stereocenters. The fourth-order valence-electron chi connectivity index (χ4n) is 0.853. The molecule has 0 atom stereocenters. The quantitative estimate of drug-likeness (QED) is 0.466. The van der Waals surface area contributed by atoms with Crippen molar-refractivity contribution in [3.8, 4) is 0 Å². The molecule has 0 fully saturated rings. The fraction of sp³-hybridized carbons (Fsp3) is 0. The zero-order valence-electron chi connectivity index (χ0n) is 6.60. The van der Waals surface area contributed by atoms with Crippen molar-refractivity contribution >= 4 is 35.9 Å². The summed E-state index contributed by atoms with van der Waals surface area (Å²) in [6.45, 7) is 0. The molecule has 0 spiro atoms. The first kappa shape index (κ1) is 10.8. The third-order valence-corrected chi connectivity index (χ3v) is 2.40. The van der Waals surface area contributed by atoms with Crippen molar-refractivity contribution < 1.29 is 14.8 Å². The van der Waals surface area contributed by atoms with Gasteiger partial charge in [-0.15, -0.1) is 12.6 Å².